The van der Waals surface area contributed by atoms with Gasteiger partial charge in [-0.2, -0.15) is 0 Å². The van der Waals surface area contributed by atoms with E-state index in [1.165, 1.54) is 16.1 Å². The van der Waals surface area contributed by atoms with Gasteiger partial charge in [0.15, 0.2) is 9.84 Å². The lowest BCUT2D eigenvalue weighted by molar-refractivity contribution is -0.139. The minimum Gasteiger partial charge on any atom is -0.465 e. The summed E-state index contributed by atoms with van der Waals surface area (Å²) in [6.07, 6.45) is 3.50. The number of amides is 2. The van der Waals surface area contributed by atoms with Crippen LogP contribution in [0.25, 0.3) is 6.08 Å². The summed E-state index contributed by atoms with van der Waals surface area (Å²) < 4.78 is 28.8. The first-order valence-corrected chi connectivity index (χ1v) is 11.0. The van der Waals surface area contributed by atoms with E-state index in [9.17, 15) is 18.0 Å². The van der Waals surface area contributed by atoms with Crippen molar-refractivity contribution in [2.75, 3.05) is 18.6 Å². The lowest BCUT2D eigenvalue weighted by Gasteiger charge is -2.30. The van der Waals surface area contributed by atoms with Crippen LogP contribution in [0.3, 0.4) is 0 Å². The van der Waals surface area contributed by atoms with Crippen molar-refractivity contribution < 1.29 is 22.4 Å². The van der Waals surface area contributed by atoms with Gasteiger partial charge in [0, 0.05) is 19.2 Å². The van der Waals surface area contributed by atoms with Crippen LogP contribution < -0.4 is 0 Å². The molecule has 2 amide bonds. The molecule has 0 unspecified atom stereocenters. The van der Waals surface area contributed by atoms with Gasteiger partial charge < -0.3 is 9.32 Å². The predicted octanol–water partition coefficient (Wildman–Crippen LogP) is 1.51. The molecule has 1 aromatic heterocycles. The number of thiocarbonyl (C=S) groups is 1. The maximum atomic E-state index is 12.8. The standard InChI is InChI=1S/C16H18N2O5S3/c1-10(14(19)17(2)11-5-7-26(21,22)9-11)18-15(20)13(25-16(18)24)8-12-4-3-6-23-12/h3-4,6,8,10-11H,5,7,9H2,1-2H3/b13-8+/t10-,11+/m0/s1. The monoisotopic (exact) mass is 414 g/mol. The second kappa shape index (κ2) is 7.16. The molecule has 0 aromatic carbocycles. The van der Waals surface area contributed by atoms with Crippen LogP contribution >= 0.6 is 24.0 Å². The lowest BCUT2D eigenvalue weighted by Crippen LogP contribution is -2.50. The Bertz CT molecular complexity index is 876. The highest BCUT2D eigenvalue weighted by atomic mass is 32.2. The minimum atomic E-state index is -3.10. The van der Waals surface area contributed by atoms with Gasteiger partial charge in [-0.3, -0.25) is 14.5 Å². The van der Waals surface area contributed by atoms with Crippen LogP contribution in [0.4, 0.5) is 0 Å². The number of furan rings is 1. The summed E-state index contributed by atoms with van der Waals surface area (Å²) in [5, 5.41) is 0. The van der Waals surface area contributed by atoms with Crippen molar-refractivity contribution in [3.8, 4) is 0 Å². The summed E-state index contributed by atoms with van der Waals surface area (Å²) in [5.41, 5.74) is 0. The number of hydrogen-bond donors (Lipinski definition) is 0. The average Bonchev–Trinajstić information content (AvgIpc) is 3.27. The number of thioether (sulfide) groups is 1. The van der Waals surface area contributed by atoms with Gasteiger partial charge in [-0.05, 0) is 25.5 Å². The first kappa shape index (κ1) is 19.1. The molecule has 2 aliphatic heterocycles. The molecule has 3 rings (SSSR count). The van der Waals surface area contributed by atoms with Crippen molar-refractivity contribution in [2.24, 2.45) is 0 Å². The molecule has 2 atom stereocenters. The molecule has 10 heteroatoms. The summed E-state index contributed by atoms with van der Waals surface area (Å²) in [6.45, 7) is 1.60. The summed E-state index contributed by atoms with van der Waals surface area (Å²) in [6, 6.07) is 2.25. The molecule has 2 aliphatic rings. The molecule has 0 N–H and O–H groups in total. The smallest absolute Gasteiger partial charge is 0.267 e. The van der Waals surface area contributed by atoms with Gasteiger partial charge in [0.2, 0.25) is 5.91 Å². The molecular weight excluding hydrogens is 396 g/mol. The fraction of sp³-hybridized carbons (Fsp3) is 0.438. The van der Waals surface area contributed by atoms with Crippen molar-refractivity contribution in [3.05, 3.63) is 29.1 Å². The van der Waals surface area contributed by atoms with E-state index in [0.29, 0.717) is 21.4 Å². The van der Waals surface area contributed by atoms with Crippen LogP contribution in [0.15, 0.2) is 27.7 Å². The van der Waals surface area contributed by atoms with Crippen LogP contribution in [0.1, 0.15) is 19.1 Å². The largest absolute Gasteiger partial charge is 0.465 e. The number of sulfone groups is 1. The molecule has 0 radical (unpaired) electrons. The second-order valence-corrected chi connectivity index (χ2v) is 10.2. The number of carbonyl (C=O) groups excluding carboxylic acids is 2. The summed E-state index contributed by atoms with van der Waals surface area (Å²) >= 11 is 6.39. The van der Waals surface area contributed by atoms with Crippen molar-refractivity contribution >= 4 is 56.0 Å². The number of carbonyl (C=O) groups is 2. The van der Waals surface area contributed by atoms with E-state index in [-0.39, 0.29) is 29.4 Å². The summed E-state index contributed by atoms with van der Waals surface area (Å²) in [4.78, 5) is 28.5. The molecular formula is C16H18N2O5S3. The third-order valence-corrected chi connectivity index (χ3v) is 7.57. The van der Waals surface area contributed by atoms with E-state index in [4.69, 9.17) is 16.6 Å². The molecule has 0 bridgehead atoms. The zero-order valence-electron chi connectivity index (χ0n) is 14.2. The molecule has 3 heterocycles. The van der Waals surface area contributed by atoms with Crippen molar-refractivity contribution in [2.45, 2.75) is 25.4 Å². The quantitative estimate of drug-likeness (QED) is 0.545. The second-order valence-electron chi connectivity index (χ2n) is 6.25. The highest BCUT2D eigenvalue weighted by molar-refractivity contribution is 8.26. The third kappa shape index (κ3) is 3.72. The highest BCUT2D eigenvalue weighted by Gasteiger charge is 2.41. The molecule has 2 saturated heterocycles. The Morgan fingerprint density at radius 2 is 2.27 bits per heavy atom. The van der Waals surface area contributed by atoms with E-state index in [1.807, 2.05) is 0 Å². The fourth-order valence-electron chi connectivity index (χ4n) is 2.98. The number of nitrogens with zero attached hydrogens (tertiary/aromatic N) is 2. The topological polar surface area (TPSA) is 87.9 Å². The lowest BCUT2D eigenvalue weighted by atomic mass is 10.2. The molecule has 7 nitrogen and oxygen atoms in total. The Morgan fingerprint density at radius 3 is 2.85 bits per heavy atom. The Labute approximate surface area is 161 Å². The van der Waals surface area contributed by atoms with Gasteiger partial charge in [0.05, 0.1) is 22.7 Å². The van der Waals surface area contributed by atoms with Gasteiger partial charge in [-0.1, -0.05) is 24.0 Å². The van der Waals surface area contributed by atoms with Gasteiger partial charge in [-0.25, -0.2) is 8.42 Å². The van der Waals surface area contributed by atoms with Gasteiger partial charge in [0.1, 0.15) is 16.1 Å². The molecule has 0 saturated carbocycles. The van der Waals surface area contributed by atoms with Crippen molar-refractivity contribution in [3.63, 3.8) is 0 Å². The summed E-state index contributed by atoms with van der Waals surface area (Å²) in [5.74, 6) is -0.125. The van der Waals surface area contributed by atoms with E-state index in [2.05, 4.69) is 0 Å². The Hall–Kier alpha value is -1.65. The zero-order valence-corrected chi connectivity index (χ0v) is 16.7. The van der Waals surface area contributed by atoms with E-state index < -0.39 is 15.9 Å². The zero-order chi connectivity index (χ0) is 19.1. The van der Waals surface area contributed by atoms with E-state index >= 15 is 0 Å². The van der Waals surface area contributed by atoms with Gasteiger partial charge >= 0.3 is 0 Å². The van der Waals surface area contributed by atoms with Crippen molar-refractivity contribution in [1.29, 1.82) is 0 Å². The molecule has 2 fully saturated rings. The van der Waals surface area contributed by atoms with Crippen LogP contribution in [0.2, 0.25) is 0 Å². The Morgan fingerprint density at radius 1 is 1.54 bits per heavy atom. The Kier molecular flexibility index (Phi) is 5.27. The Balaban J connectivity index is 1.74. The molecule has 1 aromatic rings. The number of rotatable bonds is 4. The molecule has 0 aliphatic carbocycles. The molecule has 140 valence electrons. The minimum absolute atomic E-state index is 0.0429. The normalized spacial score (nSPS) is 25.1. The maximum absolute atomic E-state index is 12.8. The molecule has 0 spiro atoms. The van der Waals surface area contributed by atoms with Crippen molar-refractivity contribution in [1.82, 2.24) is 9.80 Å². The average molecular weight is 415 g/mol. The SMILES string of the molecule is C[C@@H](C(=O)N(C)[C@@H]1CCS(=O)(=O)C1)N1C(=O)/C(=C\c2ccco2)SC1=S. The first-order chi connectivity index (χ1) is 12.2. The third-order valence-electron chi connectivity index (χ3n) is 4.49. The number of likely N-dealkylation sites (N-methyl/N-ethyl adjacent to an activating group) is 1. The van der Waals surface area contributed by atoms with Crippen LogP contribution in [0.5, 0.6) is 0 Å². The van der Waals surface area contributed by atoms with E-state index in [1.54, 1.807) is 32.2 Å². The number of hydrogen-bond acceptors (Lipinski definition) is 7. The van der Waals surface area contributed by atoms with Crippen LogP contribution in [0, 0.1) is 0 Å². The summed E-state index contributed by atoms with van der Waals surface area (Å²) in [7, 11) is -1.53. The maximum Gasteiger partial charge on any atom is 0.267 e. The van der Waals surface area contributed by atoms with Crippen LogP contribution in [-0.2, 0) is 19.4 Å². The van der Waals surface area contributed by atoms with Gasteiger partial charge in [0.25, 0.3) is 5.91 Å². The molecule has 26 heavy (non-hydrogen) atoms. The first-order valence-electron chi connectivity index (χ1n) is 7.97. The van der Waals surface area contributed by atoms with Gasteiger partial charge in [-0.15, -0.1) is 0 Å². The van der Waals surface area contributed by atoms with Crippen LogP contribution in [-0.4, -0.2) is 65.0 Å². The van der Waals surface area contributed by atoms with E-state index in [0.717, 1.165) is 11.8 Å². The highest BCUT2D eigenvalue weighted by Crippen LogP contribution is 2.34. The fourth-order valence-corrected chi connectivity index (χ4v) is 6.16. The predicted molar refractivity (Wildman–Crippen MR) is 103 cm³/mol.